The van der Waals surface area contributed by atoms with E-state index in [0.29, 0.717) is 12.5 Å². The maximum atomic E-state index is 12.8. The summed E-state index contributed by atoms with van der Waals surface area (Å²) in [5, 5.41) is 11.1. The predicted octanol–water partition coefficient (Wildman–Crippen LogP) is 1.48. The van der Waals surface area contributed by atoms with E-state index in [0.717, 1.165) is 31.6 Å². The number of hydrogen-bond acceptors (Lipinski definition) is 3. The smallest absolute Gasteiger partial charge is 0.227 e. The lowest BCUT2D eigenvalue weighted by atomic mass is 9.67. The summed E-state index contributed by atoms with van der Waals surface area (Å²) >= 11 is 0. The lowest BCUT2D eigenvalue weighted by Crippen LogP contribution is -2.48. The van der Waals surface area contributed by atoms with Crippen LogP contribution in [0.3, 0.4) is 0 Å². The topological polar surface area (TPSA) is 59.0 Å². The summed E-state index contributed by atoms with van der Waals surface area (Å²) in [4.78, 5) is 12.8. The van der Waals surface area contributed by atoms with E-state index in [9.17, 15) is 4.79 Å². The van der Waals surface area contributed by atoms with E-state index < -0.39 is 0 Å². The van der Waals surface area contributed by atoms with Gasteiger partial charge in [-0.1, -0.05) is 12.8 Å². The van der Waals surface area contributed by atoms with Gasteiger partial charge in [-0.15, -0.1) is 0 Å². The van der Waals surface area contributed by atoms with Crippen molar-refractivity contribution in [2.45, 2.75) is 46.0 Å². The molecule has 5 nitrogen and oxygen atoms in total. The van der Waals surface area contributed by atoms with Crippen molar-refractivity contribution in [3.05, 3.63) is 17.0 Å². The summed E-state index contributed by atoms with van der Waals surface area (Å²) in [6, 6.07) is 0. The SMILES string of the molecule is Cc1nn(C)c(C)c1CCNC(=O)[C@@]12CCCC[C@H]1CNC2. The first-order chi connectivity index (χ1) is 10.5. The van der Waals surface area contributed by atoms with Crippen molar-refractivity contribution in [1.82, 2.24) is 20.4 Å². The molecule has 2 aliphatic rings. The first kappa shape index (κ1) is 15.5. The highest BCUT2D eigenvalue weighted by atomic mass is 16.2. The van der Waals surface area contributed by atoms with Gasteiger partial charge in [-0.3, -0.25) is 9.48 Å². The zero-order chi connectivity index (χ0) is 15.7. The van der Waals surface area contributed by atoms with E-state index in [-0.39, 0.29) is 11.3 Å². The molecule has 2 fully saturated rings. The number of carbonyl (C=O) groups excluding carboxylic acids is 1. The van der Waals surface area contributed by atoms with E-state index in [1.54, 1.807) is 0 Å². The van der Waals surface area contributed by atoms with Gasteiger partial charge in [0.25, 0.3) is 0 Å². The van der Waals surface area contributed by atoms with Crippen LogP contribution in [0.1, 0.15) is 42.6 Å². The van der Waals surface area contributed by atoms with Gasteiger partial charge < -0.3 is 10.6 Å². The minimum Gasteiger partial charge on any atom is -0.355 e. The van der Waals surface area contributed by atoms with Gasteiger partial charge in [0.15, 0.2) is 0 Å². The van der Waals surface area contributed by atoms with Gasteiger partial charge in [-0.2, -0.15) is 5.10 Å². The zero-order valence-electron chi connectivity index (χ0n) is 14.0. The van der Waals surface area contributed by atoms with Gasteiger partial charge in [0, 0.05) is 25.8 Å². The van der Waals surface area contributed by atoms with Crippen LogP contribution in [0.2, 0.25) is 0 Å². The maximum Gasteiger partial charge on any atom is 0.227 e. The monoisotopic (exact) mass is 304 g/mol. The van der Waals surface area contributed by atoms with Crippen LogP contribution in [-0.2, 0) is 18.3 Å². The Hall–Kier alpha value is -1.36. The fourth-order valence-corrected chi connectivity index (χ4v) is 4.35. The third-order valence-electron chi connectivity index (χ3n) is 5.81. The molecular weight excluding hydrogens is 276 g/mol. The Kier molecular flexibility index (Phi) is 4.26. The molecule has 1 aromatic rings. The van der Waals surface area contributed by atoms with Crippen LogP contribution in [0.15, 0.2) is 0 Å². The third-order valence-corrected chi connectivity index (χ3v) is 5.81. The van der Waals surface area contributed by atoms with E-state index in [1.807, 2.05) is 18.7 Å². The minimum absolute atomic E-state index is 0.142. The quantitative estimate of drug-likeness (QED) is 0.886. The molecule has 0 bridgehead atoms. The third kappa shape index (κ3) is 2.56. The number of carbonyl (C=O) groups is 1. The number of nitrogens with zero attached hydrogens (tertiary/aromatic N) is 2. The van der Waals surface area contributed by atoms with Crippen molar-refractivity contribution < 1.29 is 4.79 Å². The highest BCUT2D eigenvalue weighted by Crippen LogP contribution is 2.43. The van der Waals surface area contributed by atoms with Crippen molar-refractivity contribution in [3.63, 3.8) is 0 Å². The Morgan fingerprint density at radius 2 is 2.27 bits per heavy atom. The van der Waals surface area contributed by atoms with E-state index >= 15 is 0 Å². The van der Waals surface area contributed by atoms with Gasteiger partial charge in [-0.05, 0) is 51.1 Å². The summed E-state index contributed by atoms with van der Waals surface area (Å²) in [6.45, 7) is 6.71. The Labute approximate surface area is 132 Å². The van der Waals surface area contributed by atoms with E-state index in [2.05, 4.69) is 22.7 Å². The number of fused-ring (bicyclic) bond motifs is 1. The van der Waals surface area contributed by atoms with Crippen molar-refractivity contribution in [2.24, 2.45) is 18.4 Å². The van der Waals surface area contributed by atoms with Crippen LogP contribution in [-0.4, -0.2) is 35.3 Å². The lowest BCUT2D eigenvalue weighted by Gasteiger charge is -2.37. The molecule has 0 unspecified atom stereocenters. The molecule has 1 aliphatic carbocycles. The molecule has 3 rings (SSSR count). The molecule has 22 heavy (non-hydrogen) atoms. The van der Waals surface area contributed by atoms with Crippen LogP contribution >= 0.6 is 0 Å². The molecule has 0 aromatic carbocycles. The highest BCUT2D eigenvalue weighted by Gasteiger charge is 2.49. The standard InChI is InChI=1S/C17H28N4O/c1-12-15(13(2)21(3)20-12)7-9-19-16(22)17-8-5-4-6-14(17)10-18-11-17/h14,18H,4-11H2,1-3H3,(H,19,22)/t14-,17+/m0/s1. The number of hydrogen-bond donors (Lipinski definition) is 2. The Balaban J connectivity index is 1.60. The fraction of sp³-hybridized carbons (Fsp3) is 0.765. The second-order valence-corrected chi connectivity index (χ2v) is 7.01. The number of amides is 1. The van der Waals surface area contributed by atoms with Crippen LogP contribution in [0.5, 0.6) is 0 Å². The molecule has 1 aliphatic heterocycles. The molecule has 1 amide bonds. The Morgan fingerprint density at radius 1 is 1.45 bits per heavy atom. The van der Waals surface area contributed by atoms with Gasteiger partial charge in [0.1, 0.15) is 0 Å². The largest absolute Gasteiger partial charge is 0.355 e. The first-order valence-electron chi connectivity index (χ1n) is 8.53. The number of aryl methyl sites for hydroxylation is 2. The van der Waals surface area contributed by atoms with Crippen LogP contribution in [0.25, 0.3) is 0 Å². The first-order valence-corrected chi connectivity index (χ1v) is 8.53. The molecule has 2 atom stereocenters. The molecule has 0 spiro atoms. The normalized spacial score (nSPS) is 27.7. The Morgan fingerprint density at radius 3 is 3.00 bits per heavy atom. The highest BCUT2D eigenvalue weighted by molar-refractivity contribution is 5.83. The van der Waals surface area contributed by atoms with Crippen molar-refractivity contribution in [1.29, 1.82) is 0 Å². The summed E-state index contributed by atoms with van der Waals surface area (Å²) in [5.41, 5.74) is 3.40. The fourth-order valence-electron chi connectivity index (χ4n) is 4.35. The average molecular weight is 304 g/mol. The van der Waals surface area contributed by atoms with Crippen LogP contribution in [0.4, 0.5) is 0 Å². The predicted molar refractivity (Wildman–Crippen MR) is 86.7 cm³/mol. The second-order valence-electron chi connectivity index (χ2n) is 7.01. The average Bonchev–Trinajstić information content (AvgIpc) is 3.04. The van der Waals surface area contributed by atoms with Crippen molar-refractivity contribution in [3.8, 4) is 0 Å². The van der Waals surface area contributed by atoms with Crippen LogP contribution < -0.4 is 10.6 Å². The molecule has 122 valence electrons. The molecule has 2 heterocycles. The van der Waals surface area contributed by atoms with Crippen molar-refractivity contribution >= 4 is 5.91 Å². The number of aromatic nitrogens is 2. The molecule has 2 N–H and O–H groups in total. The maximum absolute atomic E-state index is 12.8. The van der Waals surface area contributed by atoms with E-state index in [4.69, 9.17) is 0 Å². The lowest BCUT2D eigenvalue weighted by molar-refractivity contribution is -0.133. The minimum atomic E-state index is -0.142. The molecule has 1 saturated carbocycles. The number of rotatable bonds is 4. The van der Waals surface area contributed by atoms with Gasteiger partial charge >= 0.3 is 0 Å². The summed E-state index contributed by atoms with van der Waals surface area (Å²) in [5.74, 6) is 0.796. The van der Waals surface area contributed by atoms with Gasteiger partial charge in [0.05, 0.1) is 11.1 Å². The second kappa shape index (κ2) is 6.03. The van der Waals surface area contributed by atoms with Crippen molar-refractivity contribution in [2.75, 3.05) is 19.6 Å². The Bertz CT molecular complexity index is 565. The molecule has 1 saturated heterocycles. The van der Waals surface area contributed by atoms with Gasteiger partial charge in [0.2, 0.25) is 5.91 Å². The molecule has 1 aromatic heterocycles. The molecular formula is C17H28N4O. The summed E-state index contributed by atoms with van der Waals surface area (Å²) in [7, 11) is 1.97. The summed E-state index contributed by atoms with van der Waals surface area (Å²) in [6.07, 6.45) is 5.57. The van der Waals surface area contributed by atoms with Crippen LogP contribution in [0, 0.1) is 25.2 Å². The number of nitrogens with one attached hydrogen (secondary N) is 2. The van der Waals surface area contributed by atoms with Gasteiger partial charge in [-0.25, -0.2) is 0 Å². The molecule has 0 radical (unpaired) electrons. The zero-order valence-corrected chi connectivity index (χ0v) is 14.0. The molecule has 5 heteroatoms. The summed E-state index contributed by atoms with van der Waals surface area (Å²) < 4.78 is 1.92. The van der Waals surface area contributed by atoms with E-state index in [1.165, 1.54) is 30.5 Å².